The number of rotatable bonds is 3. The summed E-state index contributed by atoms with van der Waals surface area (Å²) in [6, 6.07) is 15.9. The van der Waals surface area contributed by atoms with Gasteiger partial charge in [0.25, 0.3) is 0 Å². The molecule has 2 aliphatic heterocycles. The molecule has 0 fully saturated rings. The molecule has 1 unspecified atom stereocenters. The van der Waals surface area contributed by atoms with E-state index in [1.54, 1.807) is 0 Å². The summed E-state index contributed by atoms with van der Waals surface area (Å²) in [5, 5.41) is 8.96. The lowest BCUT2D eigenvalue weighted by Crippen LogP contribution is -2.50. The molecule has 3 nitrogen and oxygen atoms in total. The minimum absolute atomic E-state index is 0.0315. The van der Waals surface area contributed by atoms with Crippen LogP contribution in [0.5, 0.6) is 0 Å². The third-order valence-corrected chi connectivity index (χ3v) is 5.88. The van der Waals surface area contributed by atoms with Gasteiger partial charge in [-0.05, 0) is 71.4 Å². The number of benzene rings is 2. The maximum absolute atomic E-state index is 6.09. The van der Waals surface area contributed by atoms with Gasteiger partial charge < -0.3 is 10.6 Å². The van der Waals surface area contributed by atoms with Gasteiger partial charge in [0.05, 0.1) is 6.04 Å². The Kier molecular flexibility index (Phi) is 5.74. The normalized spacial score (nSPS) is 21.3. The molecule has 0 radical (unpaired) electrons. The highest BCUT2D eigenvalue weighted by Crippen LogP contribution is 2.34. The molecule has 0 saturated carbocycles. The number of nitrogens with one attached hydrogen (secondary N) is 2. The van der Waals surface area contributed by atoms with Crippen LogP contribution in [0.25, 0.3) is 6.08 Å². The fraction of sp³-hybridized carbons (Fsp3) is 0.227. The first-order chi connectivity index (χ1) is 13.5. The SMILES string of the molecule is CCN1CC(=Cc2ccc(Cl)cc2)C2=C(C1)C(c1ccc(Cl)cc1)NC(=S)N2. The van der Waals surface area contributed by atoms with E-state index < -0.39 is 0 Å². The maximum Gasteiger partial charge on any atom is 0.171 e. The molecule has 1 atom stereocenters. The lowest BCUT2D eigenvalue weighted by atomic mass is 9.89. The van der Waals surface area contributed by atoms with E-state index >= 15 is 0 Å². The van der Waals surface area contributed by atoms with Gasteiger partial charge >= 0.3 is 0 Å². The summed E-state index contributed by atoms with van der Waals surface area (Å²) >= 11 is 17.7. The molecule has 0 bridgehead atoms. The first-order valence-electron chi connectivity index (χ1n) is 9.28. The standard InChI is InChI=1S/C22H21Cl2N3S/c1-2-27-12-16(11-14-3-7-17(23)8-4-14)21-19(13-27)20(25-22(28)26-21)15-5-9-18(24)10-6-15/h3-11,20H,2,12-13H2,1H3,(H2,25,26,28). The van der Waals surface area contributed by atoms with Crippen LogP contribution in [0.3, 0.4) is 0 Å². The van der Waals surface area contributed by atoms with Crippen LogP contribution in [0.2, 0.25) is 10.0 Å². The Morgan fingerprint density at radius 2 is 1.68 bits per heavy atom. The summed E-state index contributed by atoms with van der Waals surface area (Å²) in [7, 11) is 0. The smallest absolute Gasteiger partial charge is 0.171 e. The minimum atomic E-state index is 0.0315. The zero-order chi connectivity index (χ0) is 19.7. The van der Waals surface area contributed by atoms with E-state index in [0.717, 1.165) is 46.5 Å². The Balaban J connectivity index is 1.79. The molecule has 2 N–H and O–H groups in total. The highest BCUT2D eigenvalue weighted by atomic mass is 35.5. The molecule has 144 valence electrons. The van der Waals surface area contributed by atoms with Crippen LogP contribution < -0.4 is 10.6 Å². The molecular weight excluding hydrogens is 409 g/mol. The minimum Gasteiger partial charge on any atom is -0.352 e. The lowest BCUT2D eigenvalue weighted by molar-refractivity contribution is 0.316. The molecule has 28 heavy (non-hydrogen) atoms. The van der Waals surface area contributed by atoms with Gasteiger partial charge in [-0.3, -0.25) is 4.90 Å². The number of nitrogens with zero attached hydrogens (tertiary/aromatic N) is 1. The summed E-state index contributed by atoms with van der Waals surface area (Å²) in [5.74, 6) is 0. The summed E-state index contributed by atoms with van der Waals surface area (Å²) in [6.45, 7) is 4.93. The van der Waals surface area contributed by atoms with E-state index in [1.807, 2.05) is 36.4 Å². The van der Waals surface area contributed by atoms with Crippen LogP contribution in [-0.4, -0.2) is 29.6 Å². The molecule has 0 amide bonds. The maximum atomic E-state index is 6.09. The largest absolute Gasteiger partial charge is 0.352 e. The quantitative estimate of drug-likeness (QED) is 0.656. The van der Waals surface area contributed by atoms with Crippen LogP contribution >= 0.6 is 35.4 Å². The first kappa shape index (κ1) is 19.5. The zero-order valence-electron chi connectivity index (χ0n) is 15.5. The Morgan fingerprint density at radius 1 is 1.04 bits per heavy atom. The molecule has 2 aromatic rings. The van der Waals surface area contributed by atoms with Crippen molar-refractivity contribution in [3.63, 3.8) is 0 Å². The second-order valence-electron chi connectivity index (χ2n) is 7.01. The Bertz CT molecular complexity index is 949. The molecular formula is C22H21Cl2N3S. The van der Waals surface area contributed by atoms with Crippen LogP contribution in [0.4, 0.5) is 0 Å². The lowest BCUT2D eigenvalue weighted by Gasteiger charge is -2.40. The fourth-order valence-corrected chi connectivity index (χ4v) is 4.18. The highest BCUT2D eigenvalue weighted by Gasteiger charge is 2.32. The van der Waals surface area contributed by atoms with Crippen molar-refractivity contribution in [2.75, 3.05) is 19.6 Å². The van der Waals surface area contributed by atoms with Crippen molar-refractivity contribution in [1.82, 2.24) is 15.5 Å². The third-order valence-electron chi connectivity index (χ3n) is 5.15. The molecule has 4 rings (SSSR count). The molecule has 2 heterocycles. The van der Waals surface area contributed by atoms with Gasteiger partial charge in [0.1, 0.15) is 0 Å². The average molecular weight is 430 g/mol. The summed E-state index contributed by atoms with van der Waals surface area (Å²) < 4.78 is 0. The molecule has 2 aliphatic rings. The van der Waals surface area contributed by atoms with Gasteiger partial charge in [0.15, 0.2) is 5.11 Å². The van der Waals surface area contributed by atoms with Gasteiger partial charge in [-0.25, -0.2) is 0 Å². The molecule has 0 aliphatic carbocycles. The van der Waals surface area contributed by atoms with E-state index in [4.69, 9.17) is 35.4 Å². The van der Waals surface area contributed by atoms with Gasteiger partial charge in [0.2, 0.25) is 0 Å². The van der Waals surface area contributed by atoms with E-state index in [1.165, 1.54) is 11.1 Å². The highest BCUT2D eigenvalue weighted by molar-refractivity contribution is 7.80. The van der Waals surface area contributed by atoms with Crippen molar-refractivity contribution in [3.8, 4) is 0 Å². The van der Waals surface area contributed by atoms with Crippen molar-refractivity contribution >= 4 is 46.6 Å². The van der Waals surface area contributed by atoms with Crippen molar-refractivity contribution in [2.24, 2.45) is 0 Å². The zero-order valence-corrected chi connectivity index (χ0v) is 17.8. The van der Waals surface area contributed by atoms with Crippen LogP contribution in [-0.2, 0) is 0 Å². The van der Waals surface area contributed by atoms with Crippen LogP contribution in [0.15, 0.2) is 65.4 Å². The van der Waals surface area contributed by atoms with Gasteiger partial charge in [-0.2, -0.15) is 0 Å². The van der Waals surface area contributed by atoms with Crippen molar-refractivity contribution in [2.45, 2.75) is 13.0 Å². The average Bonchev–Trinajstić information content (AvgIpc) is 2.70. The monoisotopic (exact) mass is 429 g/mol. The number of thiocarbonyl (C=S) groups is 1. The summed E-state index contributed by atoms with van der Waals surface area (Å²) in [5.41, 5.74) is 5.93. The topological polar surface area (TPSA) is 27.3 Å². The van der Waals surface area contributed by atoms with E-state index in [0.29, 0.717) is 5.11 Å². The molecule has 0 spiro atoms. The second kappa shape index (κ2) is 8.26. The van der Waals surface area contributed by atoms with Gasteiger partial charge in [-0.1, -0.05) is 54.4 Å². The van der Waals surface area contributed by atoms with E-state index in [2.05, 4.69) is 40.7 Å². The number of likely N-dealkylation sites (N-methyl/N-ethyl adjacent to an activating group) is 1. The van der Waals surface area contributed by atoms with E-state index in [9.17, 15) is 0 Å². The molecule has 6 heteroatoms. The predicted octanol–water partition coefficient (Wildman–Crippen LogP) is 5.19. The first-order valence-corrected chi connectivity index (χ1v) is 10.4. The summed E-state index contributed by atoms with van der Waals surface area (Å²) in [4.78, 5) is 2.43. The Hall–Kier alpha value is -1.85. The second-order valence-corrected chi connectivity index (χ2v) is 8.29. The fourth-order valence-electron chi connectivity index (χ4n) is 3.71. The third kappa shape index (κ3) is 4.11. The van der Waals surface area contributed by atoms with Crippen molar-refractivity contribution in [3.05, 3.63) is 86.5 Å². The van der Waals surface area contributed by atoms with Crippen molar-refractivity contribution < 1.29 is 0 Å². The number of hydrogen-bond acceptors (Lipinski definition) is 2. The van der Waals surface area contributed by atoms with Crippen LogP contribution in [0.1, 0.15) is 24.1 Å². The molecule has 0 saturated heterocycles. The Morgan fingerprint density at radius 3 is 2.32 bits per heavy atom. The van der Waals surface area contributed by atoms with Gasteiger partial charge in [0, 0.05) is 28.8 Å². The van der Waals surface area contributed by atoms with Crippen LogP contribution in [0, 0.1) is 0 Å². The Labute approximate surface area is 181 Å². The van der Waals surface area contributed by atoms with Crippen molar-refractivity contribution in [1.29, 1.82) is 0 Å². The molecule has 2 aromatic carbocycles. The predicted molar refractivity (Wildman–Crippen MR) is 122 cm³/mol. The summed E-state index contributed by atoms with van der Waals surface area (Å²) in [6.07, 6.45) is 2.22. The molecule has 0 aromatic heterocycles. The van der Waals surface area contributed by atoms with E-state index in [-0.39, 0.29) is 6.04 Å². The van der Waals surface area contributed by atoms with Gasteiger partial charge in [-0.15, -0.1) is 0 Å². The number of hydrogen-bond donors (Lipinski definition) is 2. The number of halogens is 2.